The molecule has 0 aliphatic carbocycles. The number of sulfonamides is 1. The third-order valence-corrected chi connectivity index (χ3v) is 6.87. The normalized spacial score (nSPS) is 11.2. The van der Waals surface area contributed by atoms with Crippen LogP contribution in [0.1, 0.15) is 38.3 Å². The second-order valence-corrected chi connectivity index (χ2v) is 10.2. The molecule has 0 saturated carbocycles. The lowest BCUT2D eigenvalue weighted by Gasteiger charge is -2.16. The molecule has 36 heavy (non-hydrogen) atoms. The third-order valence-electron chi connectivity index (χ3n) is 5.62. The van der Waals surface area contributed by atoms with Gasteiger partial charge in [0.1, 0.15) is 11.3 Å². The summed E-state index contributed by atoms with van der Waals surface area (Å²) in [6.07, 6.45) is 2.73. The molecule has 2 aromatic carbocycles. The number of aryl methyl sites for hydroxylation is 5. The molecule has 0 aliphatic rings. The number of nitrogens with zero attached hydrogens (tertiary/aromatic N) is 2. The topological polar surface area (TPSA) is 98.2 Å². The van der Waals surface area contributed by atoms with E-state index in [0.717, 1.165) is 34.4 Å². The first-order chi connectivity index (χ1) is 17.2. The highest BCUT2D eigenvalue weighted by Crippen LogP contribution is 2.31. The molecule has 0 spiro atoms. The molecule has 0 fully saturated rings. The Morgan fingerprint density at radius 1 is 0.889 bits per heavy atom. The zero-order chi connectivity index (χ0) is 25.7. The van der Waals surface area contributed by atoms with Crippen molar-refractivity contribution in [3.63, 3.8) is 0 Å². The molecule has 7 nitrogen and oxygen atoms in total. The van der Waals surface area contributed by atoms with Gasteiger partial charge in [0.05, 0.1) is 0 Å². The van der Waals surface area contributed by atoms with Crippen LogP contribution in [-0.4, -0.2) is 24.3 Å². The van der Waals surface area contributed by atoms with Gasteiger partial charge in [-0.25, -0.2) is 14.7 Å². The minimum absolute atomic E-state index is 0.0114. The molecule has 4 aromatic rings. The van der Waals surface area contributed by atoms with Crippen LogP contribution in [0.25, 0.3) is 0 Å². The van der Waals surface area contributed by atoms with Crippen molar-refractivity contribution in [3.05, 3.63) is 113 Å². The number of aromatic nitrogens is 2. The number of ether oxygens (including phenoxy) is 1. The number of carbonyl (C=O) groups is 1. The van der Waals surface area contributed by atoms with E-state index >= 15 is 0 Å². The molecule has 0 radical (unpaired) electrons. The Hall–Kier alpha value is -4.04. The molecular formula is C28H27N3O4S. The summed E-state index contributed by atoms with van der Waals surface area (Å²) in [5, 5.41) is -0.251. The molecule has 2 heterocycles. The van der Waals surface area contributed by atoms with Crippen molar-refractivity contribution < 1.29 is 17.9 Å². The van der Waals surface area contributed by atoms with Crippen LogP contribution in [0.15, 0.2) is 84.0 Å². The highest BCUT2D eigenvalue weighted by Gasteiger charge is 2.24. The van der Waals surface area contributed by atoms with Gasteiger partial charge in [-0.2, -0.15) is 8.42 Å². The van der Waals surface area contributed by atoms with Gasteiger partial charge in [-0.05, 0) is 74.6 Å². The van der Waals surface area contributed by atoms with Crippen LogP contribution >= 0.6 is 0 Å². The lowest BCUT2D eigenvalue weighted by molar-refractivity contribution is 0.0978. The average Bonchev–Trinajstić information content (AvgIpc) is 2.86. The van der Waals surface area contributed by atoms with Crippen LogP contribution in [0.4, 0.5) is 0 Å². The van der Waals surface area contributed by atoms with Gasteiger partial charge in [-0.15, -0.1) is 0 Å². The number of hydrogen-bond donors (Lipinski definition) is 1. The second-order valence-electron chi connectivity index (χ2n) is 8.57. The van der Waals surface area contributed by atoms with E-state index in [1.807, 2.05) is 63.2 Å². The Balaban J connectivity index is 1.67. The van der Waals surface area contributed by atoms with E-state index in [9.17, 15) is 13.2 Å². The first-order valence-corrected chi connectivity index (χ1v) is 13.0. The lowest BCUT2D eigenvalue weighted by atomic mass is 10.1. The molecule has 1 amide bonds. The fourth-order valence-corrected chi connectivity index (χ4v) is 4.86. The van der Waals surface area contributed by atoms with Crippen LogP contribution in [0.5, 0.6) is 11.6 Å². The maximum Gasteiger partial charge on any atom is 0.281 e. The van der Waals surface area contributed by atoms with Crippen molar-refractivity contribution in [3.8, 4) is 11.6 Å². The van der Waals surface area contributed by atoms with Crippen molar-refractivity contribution >= 4 is 15.9 Å². The number of carbonyl (C=O) groups excluding carboxylic acids is 1. The summed E-state index contributed by atoms with van der Waals surface area (Å²) in [5.74, 6) is -0.223. The van der Waals surface area contributed by atoms with Crippen LogP contribution < -0.4 is 9.46 Å². The predicted octanol–water partition coefficient (Wildman–Crippen LogP) is 5.10. The maximum atomic E-state index is 13.1. The number of benzene rings is 2. The van der Waals surface area contributed by atoms with Crippen LogP contribution in [0, 0.1) is 20.8 Å². The summed E-state index contributed by atoms with van der Waals surface area (Å²) in [4.78, 5) is 21.6. The fraction of sp³-hybridized carbons (Fsp3) is 0.179. The van der Waals surface area contributed by atoms with E-state index < -0.39 is 15.9 Å². The summed E-state index contributed by atoms with van der Waals surface area (Å²) < 4.78 is 33.7. The Bertz CT molecular complexity index is 1470. The predicted molar refractivity (Wildman–Crippen MR) is 138 cm³/mol. The number of rotatable bonds is 8. The van der Waals surface area contributed by atoms with E-state index in [1.165, 1.54) is 18.3 Å². The van der Waals surface area contributed by atoms with E-state index in [-0.39, 0.29) is 16.5 Å². The van der Waals surface area contributed by atoms with Gasteiger partial charge in [0.2, 0.25) is 5.88 Å². The molecule has 8 heteroatoms. The van der Waals surface area contributed by atoms with Gasteiger partial charge < -0.3 is 4.74 Å². The molecule has 0 aliphatic heterocycles. The minimum Gasteiger partial charge on any atom is -0.438 e. The zero-order valence-corrected chi connectivity index (χ0v) is 21.2. The van der Waals surface area contributed by atoms with Crippen molar-refractivity contribution in [2.75, 3.05) is 0 Å². The Morgan fingerprint density at radius 2 is 1.58 bits per heavy atom. The molecule has 0 saturated heterocycles. The molecule has 184 valence electrons. The van der Waals surface area contributed by atoms with Gasteiger partial charge in [0.25, 0.3) is 15.9 Å². The van der Waals surface area contributed by atoms with Crippen LogP contribution in [0.2, 0.25) is 0 Å². The van der Waals surface area contributed by atoms with E-state index in [0.29, 0.717) is 12.2 Å². The maximum absolute atomic E-state index is 13.1. The Morgan fingerprint density at radius 3 is 2.25 bits per heavy atom. The van der Waals surface area contributed by atoms with Gasteiger partial charge in [0.15, 0.2) is 5.03 Å². The monoisotopic (exact) mass is 501 g/mol. The van der Waals surface area contributed by atoms with E-state index in [1.54, 1.807) is 18.2 Å². The van der Waals surface area contributed by atoms with E-state index in [4.69, 9.17) is 4.74 Å². The standard InChI is InChI=1S/C28H27N3O4S/c1-19-17-20(2)26(21(3)18-19)35-28-24(27(32)31-36(33,34)25-11-7-8-16-29-25)15-14-23(30-28)13-12-22-9-5-4-6-10-22/h4-11,14-18H,12-13H2,1-3H3,(H,31,32). The Kier molecular flexibility index (Phi) is 7.45. The number of amides is 1. The fourth-order valence-electron chi connectivity index (χ4n) is 3.95. The molecule has 0 atom stereocenters. The van der Waals surface area contributed by atoms with Gasteiger partial charge in [0, 0.05) is 11.9 Å². The summed E-state index contributed by atoms with van der Waals surface area (Å²) in [6.45, 7) is 5.83. The summed E-state index contributed by atoms with van der Waals surface area (Å²) >= 11 is 0. The van der Waals surface area contributed by atoms with Crippen molar-refractivity contribution in [1.82, 2.24) is 14.7 Å². The number of pyridine rings is 2. The van der Waals surface area contributed by atoms with Gasteiger partial charge in [-0.3, -0.25) is 4.79 Å². The summed E-state index contributed by atoms with van der Waals surface area (Å²) in [7, 11) is -4.17. The zero-order valence-electron chi connectivity index (χ0n) is 20.4. The van der Waals surface area contributed by atoms with Crippen molar-refractivity contribution in [2.45, 2.75) is 38.6 Å². The lowest BCUT2D eigenvalue weighted by Crippen LogP contribution is -2.31. The largest absolute Gasteiger partial charge is 0.438 e. The highest BCUT2D eigenvalue weighted by atomic mass is 32.2. The van der Waals surface area contributed by atoms with Crippen molar-refractivity contribution in [1.29, 1.82) is 0 Å². The first-order valence-electron chi connectivity index (χ1n) is 11.5. The summed E-state index contributed by atoms with van der Waals surface area (Å²) in [6, 6.07) is 21.7. The SMILES string of the molecule is Cc1cc(C)c(Oc2nc(CCc3ccccc3)ccc2C(=O)NS(=O)(=O)c2ccccn2)c(C)c1. The van der Waals surface area contributed by atoms with Crippen LogP contribution in [-0.2, 0) is 22.9 Å². The quantitative estimate of drug-likeness (QED) is 0.361. The highest BCUT2D eigenvalue weighted by molar-refractivity contribution is 7.90. The minimum atomic E-state index is -4.17. The average molecular weight is 502 g/mol. The number of nitrogens with one attached hydrogen (secondary N) is 1. The molecule has 0 bridgehead atoms. The second kappa shape index (κ2) is 10.7. The molecule has 4 rings (SSSR count). The molecule has 2 aromatic heterocycles. The molecule has 0 unspecified atom stereocenters. The van der Waals surface area contributed by atoms with Gasteiger partial charge >= 0.3 is 0 Å². The third kappa shape index (κ3) is 5.95. The smallest absolute Gasteiger partial charge is 0.281 e. The first kappa shape index (κ1) is 25.1. The number of hydrogen-bond acceptors (Lipinski definition) is 6. The van der Waals surface area contributed by atoms with Crippen LogP contribution in [0.3, 0.4) is 0 Å². The van der Waals surface area contributed by atoms with E-state index in [2.05, 4.69) is 14.7 Å². The molecular weight excluding hydrogens is 474 g/mol. The van der Waals surface area contributed by atoms with Gasteiger partial charge in [-0.1, -0.05) is 54.1 Å². The van der Waals surface area contributed by atoms with Crippen molar-refractivity contribution in [2.24, 2.45) is 0 Å². The molecule has 1 N–H and O–H groups in total. The Labute approximate surface area is 211 Å². The summed E-state index contributed by atoms with van der Waals surface area (Å²) in [5.41, 5.74) is 4.75.